The maximum atomic E-state index is 7.21. The number of hydrogen-bond acceptors (Lipinski definition) is 2. The van der Waals surface area contributed by atoms with Crippen molar-refractivity contribution in [3.63, 3.8) is 0 Å². The Morgan fingerprint density at radius 2 is 1.92 bits per heavy atom. The molecule has 0 aliphatic carbocycles. The highest BCUT2D eigenvalue weighted by molar-refractivity contribution is 8.16. The fourth-order valence-corrected chi connectivity index (χ4v) is 1.32. The van der Waals surface area contributed by atoms with Crippen molar-refractivity contribution in [1.29, 1.82) is 5.41 Å². The van der Waals surface area contributed by atoms with Gasteiger partial charge in [0.1, 0.15) is 0 Å². The lowest BCUT2D eigenvalue weighted by molar-refractivity contribution is 1.46. The molecule has 0 heterocycles. The van der Waals surface area contributed by atoms with E-state index in [0.717, 1.165) is 0 Å². The topological polar surface area (TPSA) is 23.9 Å². The van der Waals surface area contributed by atoms with Crippen molar-refractivity contribution in [2.45, 2.75) is 13.8 Å². The minimum atomic E-state index is 0.614. The van der Waals surface area contributed by atoms with Gasteiger partial charge in [0.05, 0.1) is 5.04 Å². The summed E-state index contributed by atoms with van der Waals surface area (Å²) in [6, 6.07) is 8.32. The lowest BCUT2D eigenvalue weighted by Crippen LogP contribution is -1.74. The second-order valence-electron chi connectivity index (χ2n) is 2.89. The lowest BCUT2D eigenvalue weighted by Gasteiger charge is -1.94. The normalized spacial score (nSPS) is 10.6. The zero-order valence-corrected chi connectivity index (χ0v) is 8.69. The van der Waals surface area contributed by atoms with Crippen molar-refractivity contribution in [3.8, 4) is 0 Å². The first kappa shape index (κ1) is 10.1. The van der Waals surface area contributed by atoms with E-state index in [1.165, 1.54) is 22.9 Å². The van der Waals surface area contributed by atoms with E-state index in [4.69, 9.17) is 5.41 Å². The molecule has 1 N–H and O–H groups in total. The predicted molar refractivity (Wildman–Crippen MR) is 61.2 cm³/mol. The number of benzene rings is 1. The van der Waals surface area contributed by atoms with E-state index in [2.05, 4.69) is 31.2 Å². The molecule has 1 rings (SSSR count). The predicted octanol–water partition coefficient (Wildman–Crippen LogP) is 3.70. The van der Waals surface area contributed by atoms with Gasteiger partial charge >= 0.3 is 0 Å². The summed E-state index contributed by atoms with van der Waals surface area (Å²) in [5.41, 5.74) is 2.45. The van der Waals surface area contributed by atoms with Gasteiger partial charge in [-0.3, -0.25) is 5.41 Å². The molecular weight excluding hydrogens is 178 g/mol. The maximum Gasteiger partial charge on any atom is 0.0652 e. The summed E-state index contributed by atoms with van der Waals surface area (Å²) in [7, 11) is 0. The Morgan fingerprint density at radius 3 is 2.46 bits per heavy atom. The van der Waals surface area contributed by atoms with Crippen LogP contribution in [0.2, 0.25) is 0 Å². The van der Waals surface area contributed by atoms with Crippen molar-refractivity contribution in [3.05, 3.63) is 40.8 Å². The summed E-state index contributed by atoms with van der Waals surface area (Å²) < 4.78 is 0. The van der Waals surface area contributed by atoms with Gasteiger partial charge in [0, 0.05) is 0 Å². The van der Waals surface area contributed by atoms with Gasteiger partial charge in [-0.15, -0.1) is 0 Å². The molecule has 0 bridgehead atoms. The van der Waals surface area contributed by atoms with Crippen molar-refractivity contribution < 1.29 is 0 Å². The van der Waals surface area contributed by atoms with Gasteiger partial charge in [-0.2, -0.15) is 0 Å². The quantitative estimate of drug-likeness (QED) is 0.559. The molecule has 0 fully saturated rings. The second kappa shape index (κ2) is 4.87. The van der Waals surface area contributed by atoms with Crippen LogP contribution in [-0.2, 0) is 0 Å². The van der Waals surface area contributed by atoms with Gasteiger partial charge < -0.3 is 0 Å². The summed E-state index contributed by atoms with van der Waals surface area (Å²) in [4.78, 5) is 0. The summed E-state index contributed by atoms with van der Waals surface area (Å²) in [6.07, 6.45) is 2.02. The Labute approximate surface area is 83.4 Å². The van der Waals surface area contributed by atoms with Gasteiger partial charge in [-0.25, -0.2) is 0 Å². The van der Waals surface area contributed by atoms with Gasteiger partial charge in [0.2, 0.25) is 0 Å². The van der Waals surface area contributed by atoms with E-state index < -0.39 is 0 Å². The van der Waals surface area contributed by atoms with Crippen LogP contribution in [0, 0.1) is 12.3 Å². The fraction of sp³-hybridized carbons (Fsp3) is 0.182. The van der Waals surface area contributed by atoms with Crippen LogP contribution in [0.25, 0.3) is 6.08 Å². The number of hydrogen-bond donors (Lipinski definition) is 1. The molecule has 1 aromatic rings. The summed E-state index contributed by atoms with van der Waals surface area (Å²) in [6.45, 7) is 3.86. The van der Waals surface area contributed by atoms with Crippen LogP contribution in [-0.4, -0.2) is 5.04 Å². The Morgan fingerprint density at radius 1 is 1.31 bits per heavy atom. The zero-order chi connectivity index (χ0) is 9.68. The highest BCUT2D eigenvalue weighted by atomic mass is 32.2. The highest BCUT2D eigenvalue weighted by Gasteiger charge is 1.86. The molecule has 0 aliphatic rings. The fourth-order valence-electron chi connectivity index (χ4n) is 0.892. The van der Waals surface area contributed by atoms with E-state index in [-0.39, 0.29) is 0 Å². The smallest absolute Gasteiger partial charge is 0.0652 e. The third kappa shape index (κ3) is 3.95. The third-order valence-electron chi connectivity index (χ3n) is 1.58. The minimum absolute atomic E-state index is 0.614. The van der Waals surface area contributed by atoms with Crippen molar-refractivity contribution >= 4 is 22.9 Å². The van der Waals surface area contributed by atoms with E-state index in [0.29, 0.717) is 5.04 Å². The molecule has 68 valence electrons. The Balaban J connectivity index is 2.59. The summed E-state index contributed by atoms with van der Waals surface area (Å²) in [5.74, 6) is 0. The summed E-state index contributed by atoms with van der Waals surface area (Å²) in [5, 5.41) is 9.76. The van der Waals surface area contributed by atoms with E-state index in [1.807, 2.05) is 11.5 Å². The van der Waals surface area contributed by atoms with Crippen LogP contribution >= 0.6 is 11.8 Å². The molecule has 1 aromatic carbocycles. The van der Waals surface area contributed by atoms with Gasteiger partial charge in [0.15, 0.2) is 0 Å². The molecule has 1 nitrogen and oxygen atoms in total. The Kier molecular flexibility index (Phi) is 3.77. The third-order valence-corrected chi connectivity index (χ3v) is 2.21. The van der Waals surface area contributed by atoms with E-state index in [1.54, 1.807) is 6.92 Å². The van der Waals surface area contributed by atoms with Crippen molar-refractivity contribution in [2.75, 3.05) is 0 Å². The second-order valence-corrected chi connectivity index (χ2v) is 4.01. The summed E-state index contributed by atoms with van der Waals surface area (Å²) >= 11 is 1.43. The first-order valence-corrected chi connectivity index (χ1v) is 5.01. The molecule has 0 aliphatic heterocycles. The average molecular weight is 191 g/mol. The highest BCUT2D eigenvalue weighted by Crippen LogP contribution is 2.09. The van der Waals surface area contributed by atoms with Gasteiger partial charge in [0.25, 0.3) is 0 Å². The molecule has 0 saturated heterocycles. The lowest BCUT2D eigenvalue weighted by atomic mass is 10.2. The molecule has 0 saturated carbocycles. The van der Waals surface area contributed by atoms with Gasteiger partial charge in [-0.05, 0) is 30.9 Å². The number of rotatable bonds is 2. The van der Waals surface area contributed by atoms with Crippen LogP contribution in [0.3, 0.4) is 0 Å². The molecule has 0 unspecified atom stereocenters. The molecule has 2 heteroatoms. The minimum Gasteiger partial charge on any atom is -0.298 e. The van der Waals surface area contributed by atoms with Crippen LogP contribution in [0.5, 0.6) is 0 Å². The van der Waals surface area contributed by atoms with Crippen molar-refractivity contribution in [1.82, 2.24) is 0 Å². The largest absolute Gasteiger partial charge is 0.298 e. The molecule has 0 radical (unpaired) electrons. The van der Waals surface area contributed by atoms with Crippen LogP contribution in [0.15, 0.2) is 29.7 Å². The molecule has 0 spiro atoms. The molecule has 0 amide bonds. The first-order valence-electron chi connectivity index (χ1n) is 4.13. The Hall–Kier alpha value is -1.02. The van der Waals surface area contributed by atoms with E-state index >= 15 is 0 Å². The number of nitrogens with one attached hydrogen (secondary N) is 1. The van der Waals surface area contributed by atoms with Crippen LogP contribution in [0.1, 0.15) is 18.1 Å². The molecule has 13 heavy (non-hydrogen) atoms. The monoisotopic (exact) mass is 191 g/mol. The maximum absolute atomic E-state index is 7.21. The van der Waals surface area contributed by atoms with Crippen LogP contribution < -0.4 is 0 Å². The standard InChI is InChI=1S/C11H13NS/c1-9-3-5-11(6-4-9)7-8-13-10(2)12/h3-8,12H,1-2H3/b8-7+,12-10?. The molecule has 0 aromatic heterocycles. The first-order chi connectivity index (χ1) is 6.18. The number of aryl methyl sites for hydroxylation is 1. The zero-order valence-electron chi connectivity index (χ0n) is 7.87. The van der Waals surface area contributed by atoms with E-state index in [9.17, 15) is 0 Å². The molecular formula is C11H13NS. The molecule has 0 atom stereocenters. The Bertz CT molecular complexity index is 311. The number of thioether (sulfide) groups is 1. The van der Waals surface area contributed by atoms with Gasteiger partial charge in [-0.1, -0.05) is 41.6 Å². The average Bonchev–Trinajstić information content (AvgIpc) is 2.08. The van der Waals surface area contributed by atoms with Crippen LogP contribution in [0.4, 0.5) is 0 Å². The SMILES string of the molecule is CC(=N)S/C=C/c1ccc(C)cc1. The van der Waals surface area contributed by atoms with Crippen molar-refractivity contribution in [2.24, 2.45) is 0 Å².